The van der Waals surface area contributed by atoms with Crippen LogP contribution < -0.4 is 15.4 Å². The number of carbonyl (C=O) groups excluding carboxylic acids is 2. The second kappa shape index (κ2) is 11.8. The number of methoxy groups -OCH3 is 1. The second-order valence-corrected chi connectivity index (χ2v) is 9.50. The summed E-state index contributed by atoms with van der Waals surface area (Å²) in [5.74, 6) is 0.210. The minimum Gasteiger partial charge on any atom is -0.497 e. The molecule has 0 saturated carbocycles. The topological polar surface area (TPSA) is 114 Å². The molecule has 3 rings (SSSR count). The summed E-state index contributed by atoms with van der Waals surface area (Å²) in [6.45, 7) is 1.73. The zero-order valence-electron chi connectivity index (χ0n) is 18.6. The molecule has 2 N–H and O–H groups in total. The molecule has 1 aliphatic rings. The number of carbonyl (C=O) groups is 2. The van der Waals surface area contributed by atoms with Crippen LogP contribution in [0.4, 0.5) is 0 Å². The third-order valence-electron chi connectivity index (χ3n) is 5.27. The van der Waals surface area contributed by atoms with Gasteiger partial charge in [0.1, 0.15) is 5.75 Å². The molecule has 0 radical (unpaired) electrons. The molecular formula is C23H29N3O6S. The van der Waals surface area contributed by atoms with E-state index in [0.29, 0.717) is 39.3 Å². The van der Waals surface area contributed by atoms with Crippen molar-refractivity contribution in [2.45, 2.75) is 24.3 Å². The molecule has 1 saturated heterocycles. The number of rotatable bonds is 10. The first-order valence-electron chi connectivity index (χ1n) is 10.7. The quantitative estimate of drug-likeness (QED) is 0.532. The number of amides is 2. The van der Waals surface area contributed by atoms with Crippen molar-refractivity contribution in [1.29, 1.82) is 0 Å². The van der Waals surface area contributed by atoms with E-state index in [1.165, 1.54) is 4.31 Å². The van der Waals surface area contributed by atoms with Crippen molar-refractivity contribution < 1.29 is 27.5 Å². The first-order chi connectivity index (χ1) is 15.9. The van der Waals surface area contributed by atoms with E-state index in [4.69, 9.17) is 9.47 Å². The van der Waals surface area contributed by atoms with Crippen LogP contribution in [-0.2, 0) is 37.3 Å². The lowest BCUT2D eigenvalue weighted by molar-refractivity contribution is -0.126. The normalized spacial score (nSPS) is 14.5. The largest absolute Gasteiger partial charge is 0.497 e. The van der Waals surface area contributed by atoms with E-state index in [-0.39, 0.29) is 29.7 Å². The molecule has 0 unspecified atom stereocenters. The molecule has 178 valence electrons. The Labute approximate surface area is 194 Å². The number of nitrogens with one attached hydrogen (secondary N) is 2. The molecule has 2 aromatic carbocycles. The Balaban J connectivity index is 1.38. The Bertz CT molecular complexity index is 1030. The second-order valence-electron chi connectivity index (χ2n) is 7.56. The van der Waals surface area contributed by atoms with Gasteiger partial charge in [-0.2, -0.15) is 4.31 Å². The van der Waals surface area contributed by atoms with Crippen LogP contribution in [0, 0.1) is 0 Å². The van der Waals surface area contributed by atoms with Crippen LogP contribution in [0.15, 0.2) is 53.4 Å². The van der Waals surface area contributed by atoms with E-state index < -0.39 is 10.0 Å². The molecule has 0 aromatic heterocycles. The number of sulfonamides is 1. The van der Waals surface area contributed by atoms with Gasteiger partial charge in [-0.3, -0.25) is 9.59 Å². The average Bonchev–Trinajstić information content (AvgIpc) is 2.86. The molecule has 1 aliphatic heterocycles. The van der Waals surface area contributed by atoms with Crippen LogP contribution in [0.1, 0.15) is 17.5 Å². The third kappa shape index (κ3) is 7.28. The lowest BCUT2D eigenvalue weighted by atomic mass is 10.1. The molecule has 33 heavy (non-hydrogen) atoms. The fourth-order valence-electron chi connectivity index (χ4n) is 3.30. The van der Waals surface area contributed by atoms with Gasteiger partial charge in [0.25, 0.3) is 0 Å². The monoisotopic (exact) mass is 475 g/mol. The van der Waals surface area contributed by atoms with Crippen molar-refractivity contribution in [3.63, 3.8) is 0 Å². The van der Waals surface area contributed by atoms with Crippen molar-refractivity contribution in [2.24, 2.45) is 0 Å². The van der Waals surface area contributed by atoms with Crippen LogP contribution in [0.2, 0.25) is 0 Å². The Morgan fingerprint density at radius 3 is 2.21 bits per heavy atom. The lowest BCUT2D eigenvalue weighted by Gasteiger charge is -2.26. The zero-order chi connectivity index (χ0) is 23.7. The number of hydrogen-bond donors (Lipinski definition) is 2. The summed E-state index contributed by atoms with van der Waals surface area (Å²) in [4.78, 5) is 24.3. The molecule has 10 heteroatoms. The van der Waals surface area contributed by atoms with Gasteiger partial charge in [-0.15, -0.1) is 0 Å². The summed E-state index contributed by atoms with van der Waals surface area (Å²) in [7, 11) is -1.95. The highest BCUT2D eigenvalue weighted by atomic mass is 32.2. The van der Waals surface area contributed by atoms with Crippen molar-refractivity contribution in [2.75, 3.05) is 40.0 Å². The number of aryl methyl sites for hydroxylation is 1. The Morgan fingerprint density at radius 1 is 0.939 bits per heavy atom. The molecule has 1 fully saturated rings. The van der Waals surface area contributed by atoms with Crippen molar-refractivity contribution in [1.82, 2.24) is 14.9 Å². The van der Waals surface area contributed by atoms with Gasteiger partial charge in [0.05, 0.1) is 31.8 Å². The summed E-state index contributed by atoms with van der Waals surface area (Å²) < 4.78 is 37.0. The fraction of sp³-hybridized carbons (Fsp3) is 0.391. The minimum atomic E-state index is -3.53. The first-order valence-corrected chi connectivity index (χ1v) is 12.2. The fourth-order valence-corrected chi connectivity index (χ4v) is 4.70. The van der Waals surface area contributed by atoms with Crippen LogP contribution in [0.25, 0.3) is 0 Å². The molecule has 0 aliphatic carbocycles. The highest BCUT2D eigenvalue weighted by molar-refractivity contribution is 7.89. The molecule has 0 atom stereocenters. The van der Waals surface area contributed by atoms with E-state index >= 15 is 0 Å². The highest BCUT2D eigenvalue weighted by Crippen LogP contribution is 2.18. The molecule has 2 amide bonds. The van der Waals surface area contributed by atoms with Crippen LogP contribution in [0.3, 0.4) is 0 Å². The average molecular weight is 476 g/mol. The van der Waals surface area contributed by atoms with Gasteiger partial charge in [0, 0.05) is 26.1 Å². The molecule has 9 nitrogen and oxygen atoms in total. The number of nitrogens with zero attached hydrogens (tertiary/aromatic N) is 1. The highest BCUT2D eigenvalue weighted by Gasteiger charge is 2.26. The van der Waals surface area contributed by atoms with Crippen molar-refractivity contribution in [3.8, 4) is 5.75 Å². The molecule has 0 spiro atoms. The SMILES string of the molecule is COc1ccc(CNC(=O)CNC(=O)CCc2ccc(S(=O)(=O)N3CCOCC3)cc2)cc1. The van der Waals surface area contributed by atoms with Crippen LogP contribution >= 0.6 is 0 Å². The van der Waals surface area contributed by atoms with Gasteiger partial charge in [-0.05, 0) is 41.8 Å². The Morgan fingerprint density at radius 2 is 1.58 bits per heavy atom. The van der Waals surface area contributed by atoms with E-state index in [0.717, 1.165) is 16.9 Å². The summed E-state index contributed by atoms with van der Waals surface area (Å²) >= 11 is 0. The zero-order valence-corrected chi connectivity index (χ0v) is 19.4. The maximum Gasteiger partial charge on any atom is 0.243 e. The molecule has 0 bridgehead atoms. The summed E-state index contributed by atoms with van der Waals surface area (Å²) in [5, 5.41) is 5.35. The van der Waals surface area contributed by atoms with Gasteiger partial charge in [0.15, 0.2) is 0 Å². The molecule has 1 heterocycles. The smallest absolute Gasteiger partial charge is 0.243 e. The minimum absolute atomic E-state index is 0.105. The standard InChI is InChI=1S/C23H29N3O6S/c1-31-20-7-2-19(3-8-20)16-24-23(28)17-25-22(27)11-6-18-4-9-21(10-5-18)33(29,30)26-12-14-32-15-13-26/h2-5,7-10H,6,11-17H2,1H3,(H,24,28)(H,25,27). The molecular weight excluding hydrogens is 446 g/mol. The van der Waals surface area contributed by atoms with Gasteiger partial charge < -0.3 is 20.1 Å². The maximum atomic E-state index is 12.6. The maximum absolute atomic E-state index is 12.6. The van der Waals surface area contributed by atoms with E-state index in [1.54, 1.807) is 31.4 Å². The number of ether oxygens (including phenoxy) is 2. The van der Waals surface area contributed by atoms with Crippen LogP contribution in [-0.4, -0.2) is 64.5 Å². The summed E-state index contributed by atoms with van der Waals surface area (Å²) in [6.07, 6.45) is 0.637. The number of hydrogen-bond acceptors (Lipinski definition) is 6. The third-order valence-corrected chi connectivity index (χ3v) is 7.18. The number of morpholine rings is 1. The van der Waals surface area contributed by atoms with Gasteiger partial charge >= 0.3 is 0 Å². The van der Waals surface area contributed by atoms with Gasteiger partial charge in [-0.1, -0.05) is 24.3 Å². The number of benzene rings is 2. The first kappa shape index (κ1) is 24.7. The van der Waals surface area contributed by atoms with E-state index in [2.05, 4.69) is 10.6 Å². The lowest BCUT2D eigenvalue weighted by Crippen LogP contribution is -2.40. The van der Waals surface area contributed by atoms with E-state index in [9.17, 15) is 18.0 Å². The van der Waals surface area contributed by atoms with Gasteiger partial charge in [-0.25, -0.2) is 8.42 Å². The molecule has 2 aromatic rings. The Hall–Kier alpha value is -2.95. The summed E-state index contributed by atoms with van der Waals surface area (Å²) in [6, 6.07) is 13.9. The predicted molar refractivity (Wildman–Crippen MR) is 122 cm³/mol. The Kier molecular flexibility index (Phi) is 8.81. The van der Waals surface area contributed by atoms with Crippen molar-refractivity contribution in [3.05, 3.63) is 59.7 Å². The summed E-state index contributed by atoms with van der Waals surface area (Å²) in [5.41, 5.74) is 1.77. The van der Waals surface area contributed by atoms with Crippen LogP contribution in [0.5, 0.6) is 5.75 Å². The van der Waals surface area contributed by atoms with E-state index in [1.807, 2.05) is 24.3 Å². The van der Waals surface area contributed by atoms with Crippen molar-refractivity contribution >= 4 is 21.8 Å². The van der Waals surface area contributed by atoms with Gasteiger partial charge in [0.2, 0.25) is 21.8 Å². The predicted octanol–water partition coefficient (Wildman–Crippen LogP) is 1.08.